The summed E-state index contributed by atoms with van der Waals surface area (Å²) in [5.74, 6) is 0.680. The molecular weight excluding hydrogens is 519 g/mol. The van der Waals surface area contributed by atoms with Gasteiger partial charge in [-0.1, -0.05) is 6.07 Å². The molecule has 5 N–H and O–H groups in total. The fraction of sp³-hybridized carbons (Fsp3) is 0.0800. The molecule has 0 atom stereocenters. The van der Waals surface area contributed by atoms with Crippen LogP contribution in [-0.4, -0.2) is 29.4 Å². The van der Waals surface area contributed by atoms with Crippen molar-refractivity contribution in [3.05, 3.63) is 85.1 Å². The second kappa shape index (κ2) is 11.7. The van der Waals surface area contributed by atoms with Crippen molar-refractivity contribution in [2.45, 2.75) is 11.3 Å². The first kappa shape index (κ1) is 26.6. The molecule has 0 spiro atoms. The van der Waals surface area contributed by atoms with Crippen LogP contribution in [0.2, 0.25) is 0 Å². The Kier molecular flexibility index (Phi) is 8.19. The van der Waals surface area contributed by atoms with E-state index in [4.69, 9.17) is 5.14 Å². The first-order chi connectivity index (χ1) is 18.2. The zero-order valence-corrected chi connectivity index (χ0v) is 20.7. The number of urea groups is 1. The van der Waals surface area contributed by atoms with Crippen molar-refractivity contribution in [1.29, 1.82) is 0 Å². The molecule has 38 heavy (non-hydrogen) atoms. The standard InChI is InChI=1S/C25H22F3N7O2S/c1-35(22-13-14-30-23(34-22)31-18-3-2-4-21(15-18)38-29)19-9-5-16(6-10-19)32-24(36)33-17-7-11-20(12-8-17)37-25(26,27)28/h2-15H,29H2,1H3,(H,30,31,34)(H2,32,33,36). The molecule has 0 radical (unpaired) electrons. The number of hydrogen-bond donors (Lipinski definition) is 4. The van der Waals surface area contributed by atoms with Gasteiger partial charge in [-0.25, -0.2) is 9.78 Å². The van der Waals surface area contributed by atoms with E-state index in [0.29, 0.717) is 23.1 Å². The Morgan fingerprint density at radius 2 is 1.61 bits per heavy atom. The minimum atomic E-state index is -4.78. The lowest BCUT2D eigenvalue weighted by Gasteiger charge is -2.19. The quantitative estimate of drug-likeness (QED) is 0.187. The summed E-state index contributed by atoms with van der Waals surface area (Å²) in [4.78, 5) is 23.9. The summed E-state index contributed by atoms with van der Waals surface area (Å²) in [7, 11) is 1.85. The minimum absolute atomic E-state index is 0.301. The molecule has 0 bridgehead atoms. The number of amides is 2. The lowest BCUT2D eigenvalue weighted by Crippen LogP contribution is -2.20. The van der Waals surface area contributed by atoms with Gasteiger partial charge in [0.25, 0.3) is 0 Å². The highest BCUT2D eigenvalue weighted by atomic mass is 32.2. The number of aromatic nitrogens is 2. The van der Waals surface area contributed by atoms with Crippen LogP contribution in [0.5, 0.6) is 5.75 Å². The molecule has 0 aliphatic heterocycles. The molecule has 1 heterocycles. The van der Waals surface area contributed by atoms with E-state index in [0.717, 1.165) is 40.4 Å². The second-order valence-electron chi connectivity index (χ2n) is 7.77. The summed E-state index contributed by atoms with van der Waals surface area (Å²) in [5.41, 5.74) is 2.43. The van der Waals surface area contributed by atoms with E-state index < -0.39 is 12.4 Å². The molecule has 0 fully saturated rings. The smallest absolute Gasteiger partial charge is 0.406 e. The SMILES string of the molecule is CN(c1ccc(NC(=O)Nc2ccc(OC(F)(F)F)cc2)cc1)c1ccnc(Nc2cccc(SN)c2)n1. The fourth-order valence-corrected chi connectivity index (χ4v) is 3.66. The molecule has 13 heteroatoms. The molecule has 0 aliphatic carbocycles. The molecule has 2 amide bonds. The molecule has 9 nitrogen and oxygen atoms in total. The number of nitrogens with zero attached hydrogens (tertiary/aromatic N) is 3. The molecule has 0 saturated heterocycles. The third kappa shape index (κ3) is 7.51. The Morgan fingerprint density at radius 1 is 0.947 bits per heavy atom. The van der Waals surface area contributed by atoms with Crippen LogP contribution in [0.25, 0.3) is 0 Å². The van der Waals surface area contributed by atoms with Crippen LogP contribution in [0.1, 0.15) is 0 Å². The van der Waals surface area contributed by atoms with Gasteiger partial charge in [0.2, 0.25) is 5.95 Å². The number of nitrogens with two attached hydrogens (primary N) is 1. The van der Waals surface area contributed by atoms with Gasteiger partial charge >= 0.3 is 12.4 Å². The van der Waals surface area contributed by atoms with E-state index in [9.17, 15) is 18.0 Å². The molecule has 3 aromatic carbocycles. The van der Waals surface area contributed by atoms with E-state index in [1.54, 1.807) is 36.5 Å². The van der Waals surface area contributed by atoms with Gasteiger partial charge in [0.1, 0.15) is 11.6 Å². The highest BCUT2D eigenvalue weighted by Crippen LogP contribution is 2.26. The summed E-state index contributed by atoms with van der Waals surface area (Å²) in [6.07, 6.45) is -3.14. The van der Waals surface area contributed by atoms with Gasteiger partial charge in [-0.3, -0.25) is 5.14 Å². The van der Waals surface area contributed by atoms with Crippen molar-refractivity contribution in [2.24, 2.45) is 5.14 Å². The highest BCUT2D eigenvalue weighted by molar-refractivity contribution is 7.97. The third-order valence-electron chi connectivity index (χ3n) is 5.07. The van der Waals surface area contributed by atoms with Crippen LogP contribution in [0, 0.1) is 0 Å². The Bertz CT molecular complexity index is 1390. The lowest BCUT2D eigenvalue weighted by molar-refractivity contribution is -0.274. The molecule has 196 valence electrons. The van der Waals surface area contributed by atoms with E-state index in [2.05, 4.69) is 30.7 Å². The predicted octanol–water partition coefficient (Wildman–Crippen LogP) is 6.50. The van der Waals surface area contributed by atoms with Crippen molar-refractivity contribution in [3.8, 4) is 5.75 Å². The number of carbonyl (C=O) groups excluding carboxylic acids is 1. The Morgan fingerprint density at radius 3 is 2.24 bits per heavy atom. The number of ether oxygens (including phenoxy) is 1. The molecular formula is C25H22F3N7O2S. The van der Waals surface area contributed by atoms with Crippen LogP contribution < -0.4 is 30.7 Å². The van der Waals surface area contributed by atoms with E-state index in [1.165, 1.54) is 12.1 Å². The monoisotopic (exact) mass is 541 g/mol. The number of anilines is 6. The van der Waals surface area contributed by atoms with Gasteiger partial charge in [0, 0.05) is 40.9 Å². The van der Waals surface area contributed by atoms with Crippen molar-refractivity contribution in [3.63, 3.8) is 0 Å². The number of rotatable bonds is 8. The van der Waals surface area contributed by atoms with Gasteiger partial charge < -0.3 is 25.6 Å². The summed E-state index contributed by atoms with van der Waals surface area (Å²) in [5, 5.41) is 14.0. The van der Waals surface area contributed by atoms with Crippen LogP contribution in [-0.2, 0) is 0 Å². The van der Waals surface area contributed by atoms with Crippen molar-refractivity contribution >= 4 is 52.5 Å². The van der Waals surface area contributed by atoms with E-state index in [-0.39, 0.29) is 5.75 Å². The minimum Gasteiger partial charge on any atom is -0.406 e. The van der Waals surface area contributed by atoms with Crippen LogP contribution in [0.15, 0.2) is 90.0 Å². The summed E-state index contributed by atoms with van der Waals surface area (Å²) in [6, 6.07) is 20.6. The van der Waals surface area contributed by atoms with Gasteiger partial charge in [-0.05, 0) is 84.7 Å². The molecule has 0 unspecified atom stereocenters. The summed E-state index contributed by atoms with van der Waals surface area (Å²) >= 11 is 1.15. The molecule has 1 aromatic heterocycles. The Balaban J connectivity index is 1.35. The zero-order valence-electron chi connectivity index (χ0n) is 19.9. The van der Waals surface area contributed by atoms with E-state index in [1.807, 2.05) is 36.2 Å². The summed E-state index contributed by atoms with van der Waals surface area (Å²) in [6.45, 7) is 0. The number of alkyl halides is 3. The van der Waals surface area contributed by atoms with Crippen molar-refractivity contribution in [1.82, 2.24) is 9.97 Å². The van der Waals surface area contributed by atoms with Crippen LogP contribution in [0.4, 0.5) is 52.5 Å². The number of nitrogens with one attached hydrogen (secondary N) is 3. The first-order valence-corrected chi connectivity index (χ1v) is 11.9. The predicted molar refractivity (Wildman–Crippen MR) is 142 cm³/mol. The second-order valence-corrected chi connectivity index (χ2v) is 8.47. The molecule has 4 rings (SSSR count). The van der Waals surface area contributed by atoms with Gasteiger partial charge in [-0.2, -0.15) is 4.98 Å². The van der Waals surface area contributed by atoms with Crippen LogP contribution in [0.3, 0.4) is 0 Å². The lowest BCUT2D eigenvalue weighted by atomic mass is 10.2. The number of carbonyl (C=O) groups is 1. The first-order valence-electron chi connectivity index (χ1n) is 11.0. The van der Waals surface area contributed by atoms with Gasteiger partial charge in [0.15, 0.2) is 0 Å². The van der Waals surface area contributed by atoms with Crippen molar-refractivity contribution < 1.29 is 22.7 Å². The Hall–Kier alpha value is -4.49. The molecule has 0 saturated carbocycles. The average Bonchev–Trinajstić information content (AvgIpc) is 2.89. The van der Waals surface area contributed by atoms with E-state index >= 15 is 0 Å². The number of halogens is 3. The molecule has 0 aliphatic rings. The van der Waals surface area contributed by atoms with Crippen molar-refractivity contribution in [2.75, 3.05) is 27.9 Å². The van der Waals surface area contributed by atoms with Crippen LogP contribution >= 0.6 is 11.9 Å². The number of benzene rings is 3. The maximum atomic E-state index is 12.3. The third-order valence-corrected chi connectivity index (χ3v) is 5.60. The maximum absolute atomic E-state index is 12.3. The largest absolute Gasteiger partial charge is 0.573 e. The maximum Gasteiger partial charge on any atom is 0.573 e. The highest BCUT2D eigenvalue weighted by Gasteiger charge is 2.31. The Labute approximate surface area is 220 Å². The number of hydrogen-bond acceptors (Lipinski definition) is 8. The van der Waals surface area contributed by atoms with Gasteiger partial charge in [0.05, 0.1) is 0 Å². The topological polar surface area (TPSA) is 117 Å². The summed E-state index contributed by atoms with van der Waals surface area (Å²) < 4.78 is 40.6. The van der Waals surface area contributed by atoms with Gasteiger partial charge in [-0.15, -0.1) is 13.2 Å². The zero-order chi connectivity index (χ0) is 27.1. The fourth-order valence-electron chi connectivity index (χ4n) is 3.31. The molecule has 4 aromatic rings. The normalized spacial score (nSPS) is 11.0. The average molecular weight is 542 g/mol.